The molecule has 8 atom stereocenters. The molecule has 0 radical (unpaired) electrons. The fourth-order valence-corrected chi connectivity index (χ4v) is 4.72. The maximum atomic E-state index is 12.6. The number of rotatable bonds is 4. The first-order valence-electron chi connectivity index (χ1n) is 8.53. The molecule has 144 valence electrons. The van der Waals surface area contributed by atoms with Crippen molar-refractivity contribution < 1.29 is 43.6 Å². The molecular formula is C18H18O9. The molecule has 0 aromatic carbocycles. The number of esters is 2. The van der Waals surface area contributed by atoms with E-state index in [4.69, 9.17) is 14.2 Å². The van der Waals surface area contributed by atoms with Gasteiger partial charge in [0, 0.05) is 0 Å². The van der Waals surface area contributed by atoms with Gasteiger partial charge < -0.3 is 24.4 Å². The predicted molar refractivity (Wildman–Crippen MR) is 85.2 cm³/mol. The molecule has 8 unspecified atom stereocenters. The third kappa shape index (κ3) is 2.38. The van der Waals surface area contributed by atoms with Crippen LogP contribution in [0.5, 0.6) is 0 Å². The first-order valence-corrected chi connectivity index (χ1v) is 8.53. The molecule has 4 bridgehead atoms. The Kier molecular flexibility index (Phi) is 3.64. The molecule has 0 aliphatic carbocycles. The normalized spacial score (nSPS) is 46.0. The van der Waals surface area contributed by atoms with Crippen molar-refractivity contribution >= 4 is 23.9 Å². The average Bonchev–Trinajstić information content (AvgIpc) is 3.27. The Labute approximate surface area is 153 Å². The molecule has 9 nitrogen and oxygen atoms in total. The summed E-state index contributed by atoms with van der Waals surface area (Å²) in [6, 6.07) is 0. The number of ether oxygens (including phenoxy) is 3. The zero-order valence-corrected chi connectivity index (χ0v) is 14.5. The minimum absolute atomic E-state index is 0.805. The molecule has 0 spiro atoms. The van der Waals surface area contributed by atoms with Crippen LogP contribution in [0.3, 0.4) is 0 Å². The number of carboxylic acids is 2. The van der Waals surface area contributed by atoms with Gasteiger partial charge >= 0.3 is 23.9 Å². The molecule has 9 heteroatoms. The largest absolute Gasteiger partial charge is 0.481 e. The van der Waals surface area contributed by atoms with Gasteiger partial charge in [-0.1, -0.05) is 24.3 Å². The second kappa shape index (κ2) is 5.49. The highest BCUT2D eigenvalue weighted by molar-refractivity contribution is 5.94. The van der Waals surface area contributed by atoms with Crippen LogP contribution in [0.1, 0.15) is 13.8 Å². The van der Waals surface area contributed by atoms with Gasteiger partial charge in [0.25, 0.3) is 0 Å². The maximum Gasteiger partial charge on any atom is 0.320 e. The molecule has 0 aromatic rings. The lowest BCUT2D eigenvalue weighted by molar-refractivity contribution is -0.172. The van der Waals surface area contributed by atoms with E-state index in [1.807, 2.05) is 0 Å². The van der Waals surface area contributed by atoms with Crippen molar-refractivity contribution in [1.29, 1.82) is 0 Å². The summed E-state index contributed by atoms with van der Waals surface area (Å²) in [5.41, 5.74) is -2.31. The Hall–Kier alpha value is -2.52. The lowest BCUT2D eigenvalue weighted by atomic mass is 9.75. The van der Waals surface area contributed by atoms with Crippen LogP contribution in [0.4, 0.5) is 0 Å². The van der Waals surface area contributed by atoms with Crippen molar-refractivity contribution in [2.45, 2.75) is 37.3 Å². The van der Waals surface area contributed by atoms with E-state index in [2.05, 4.69) is 0 Å². The van der Waals surface area contributed by atoms with Gasteiger partial charge in [0.15, 0.2) is 0 Å². The van der Waals surface area contributed by atoms with Gasteiger partial charge in [-0.2, -0.15) is 0 Å². The van der Waals surface area contributed by atoms with E-state index in [9.17, 15) is 29.4 Å². The van der Waals surface area contributed by atoms with E-state index in [-0.39, 0.29) is 0 Å². The fraction of sp³-hybridized carbons (Fsp3) is 0.556. The van der Waals surface area contributed by atoms with Crippen molar-refractivity contribution in [3.8, 4) is 0 Å². The zero-order chi connectivity index (χ0) is 19.7. The molecule has 0 aromatic heterocycles. The molecule has 2 saturated heterocycles. The molecular weight excluding hydrogens is 360 g/mol. The third-order valence-corrected chi connectivity index (χ3v) is 5.95. The molecule has 0 saturated carbocycles. The van der Waals surface area contributed by atoms with Crippen molar-refractivity contribution in [2.24, 2.45) is 23.7 Å². The summed E-state index contributed by atoms with van der Waals surface area (Å²) in [6.45, 7) is 3.10. The predicted octanol–water partition coefficient (Wildman–Crippen LogP) is 0.145. The number of aliphatic carboxylic acids is 2. The van der Waals surface area contributed by atoms with Crippen LogP contribution in [-0.2, 0) is 33.4 Å². The number of carbonyl (C=O) groups excluding carboxylic acids is 2. The highest BCUT2D eigenvalue weighted by Gasteiger charge is 2.63. The van der Waals surface area contributed by atoms with Gasteiger partial charge in [0.05, 0.1) is 23.4 Å². The van der Waals surface area contributed by atoms with E-state index in [1.54, 1.807) is 38.2 Å². The lowest BCUT2D eigenvalue weighted by Crippen LogP contribution is -2.45. The molecule has 27 heavy (non-hydrogen) atoms. The van der Waals surface area contributed by atoms with E-state index in [0.717, 1.165) is 0 Å². The molecule has 4 aliphatic rings. The van der Waals surface area contributed by atoms with E-state index < -0.39 is 71.0 Å². The van der Waals surface area contributed by atoms with Gasteiger partial charge in [-0.05, 0) is 13.8 Å². The molecule has 2 fully saturated rings. The van der Waals surface area contributed by atoms with Crippen molar-refractivity contribution in [3.63, 3.8) is 0 Å². The van der Waals surface area contributed by atoms with Crippen molar-refractivity contribution in [2.75, 3.05) is 0 Å². The first kappa shape index (κ1) is 17.9. The van der Waals surface area contributed by atoms with Crippen LogP contribution in [0.15, 0.2) is 24.3 Å². The molecule has 2 N–H and O–H groups in total. The standard InChI is InChI=1S/C18H18O9/c1-17-5-3-7(26-17)9(11(17)13(19)20)15(23)25-16(24)10-8-4-6-18(2,27-8)12(10)14(21)22/h3-12H,1-2H3,(H,19,20)(H,21,22). The highest BCUT2D eigenvalue weighted by atomic mass is 16.6. The van der Waals surface area contributed by atoms with Gasteiger partial charge in [0.2, 0.25) is 0 Å². The SMILES string of the molecule is CC12C=CC(O1)C(C(=O)OC(=O)C1C3C=CC(C)(O3)C1C(=O)O)C2C(=O)O. The third-order valence-electron chi connectivity index (χ3n) is 5.95. The van der Waals surface area contributed by atoms with Crippen LogP contribution < -0.4 is 0 Å². The fourth-order valence-electron chi connectivity index (χ4n) is 4.72. The summed E-state index contributed by atoms with van der Waals surface area (Å²) < 4.78 is 16.1. The van der Waals surface area contributed by atoms with E-state index in [1.165, 1.54) is 0 Å². The van der Waals surface area contributed by atoms with E-state index in [0.29, 0.717) is 0 Å². The van der Waals surface area contributed by atoms with Gasteiger partial charge in [0.1, 0.15) is 23.7 Å². The van der Waals surface area contributed by atoms with Crippen LogP contribution in [0, 0.1) is 23.7 Å². The van der Waals surface area contributed by atoms with Gasteiger partial charge in [-0.3, -0.25) is 19.2 Å². The number of hydrogen-bond donors (Lipinski definition) is 2. The van der Waals surface area contributed by atoms with Gasteiger partial charge in [-0.15, -0.1) is 0 Å². The number of carboxylic acid groups (broad SMARTS) is 2. The topological polar surface area (TPSA) is 136 Å². The molecule has 4 heterocycles. The highest BCUT2D eigenvalue weighted by Crippen LogP contribution is 2.49. The Morgan fingerprint density at radius 3 is 1.52 bits per heavy atom. The monoisotopic (exact) mass is 378 g/mol. The quantitative estimate of drug-likeness (QED) is 0.398. The first-order chi connectivity index (χ1) is 12.6. The summed E-state index contributed by atoms with van der Waals surface area (Å²) in [5.74, 6) is -9.31. The Morgan fingerprint density at radius 2 is 1.19 bits per heavy atom. The van der Waals surface area contributed by atoms with Crippen molar-refractivity contribution in [1.82, 2.24) is 0 Å². The summed E-state index contributed by atoms with van der Waals surface area (Å²) in [6.07, 6.45) is 4.69. The van der Waals surface area contributed by atoms with Crippen LogP contribution in [0.25, 0.3) is 0 Å². The average molecular weight is 378 g/mol. The molecule has 4 rings (SSSR count). The van der Waals surface area contributed by atoms with E-state index >= 15 is 0 Å². The zero-order valence-electron chi connectivity index (χ0n) is 14.5. The van der Waals surface area contributed by atoms with Crippen LogP contribution in [0.2, 0.25) is 0 Å². The summed E-state index contributed by atoms with van der Waals surface area (Å²) >= 11 is 0. The second-order valence-electron chi connectivity index (χ2n) is 7.67. The molecule has 0 amide bonds. The smallest absolute Gasteiger partial charge is 0.320 e. The number of fused-ring (bicyclic) bond motifs is 4. The maximum absolute atomic E-state index is 12.6. The Morgan fingerprint density at radius 1 is 0.815 bits per heavy atom. The van der Waals surface area contributed by atoms with Crippen LogP contribution >= 0.6 is 0 Å². The Bertz CT molecular complexity index is 748. The lowest BCUT2D eigenvalue weighted by Gasteiger charge is -2.27. The van der Waals surface area contributed by atoms with Gasteiger partial charge in [-0.25, -0.2) is 0 Å². The summed E-state index contributed by atoms with van der Waals surface area (Å²) in [7, 11) is 0. The van der Waals surface area contributed by atoms with Crippen LogP contribution in [-0.4, -0.2) is 57.5 Å². The molecule has 4 aliphatic heterocycles. The number of hydrogen-bond acceptors (Lipinski definition) is 7. The minimum Gasteiger partial charge on any atom is -0.481 e. The second-order valence-corrected chi connectivity index (χ2v) is 7.67. The summed E-state index contributed by atoms with van der Waals surface area (Å²) in [5, 5.41) is 19.0. The minimum atomic E-state index is -1.24. The van der Waals surface area contributed by atoms with Crippen molar-refractivity contribution in [3.05, 3.63) is 24.3 Å². The summed E-state index contributed by atoms with van der Waals surface area (Å²) in [4.78, 5) is 48.4. The Balaban J connectivity index is 1.55. The number of carbonyl (C=O) groups is 4.